The SMILES string of the molecule is CC(CC1CCCCN1)N1CCc2sccc2C1. The molecule has 2 aliphatic heterocycles. The fraction of sp³-hybridized carbons (Fsp3) is 0.733. The van der Waals surface area contributed by atoms with Gasteiger partial charge in [-0.3, -0.25) is 4.90 Å². The first-order valence-corrected chi connectivity index (χ1v) is 8.23. The number of nitrogens with one attached hydrogen (secondary N) is 1. The molecule has 1 aromatic rings. The van der Waals surface area contributed by atoms with E-state index in [0.717, 1.165) is 6.04 Å². The third-order valence-corrected chi connectivity index (χ3v) is 5.52. The third-order valence-electron chi connectivity index (χ3n) is 4.50. The monoisotopic (exact) mass is 264 g/mol. The van der Waals surface area contributed by atoms with E-state index in [1.807, 2.05) is 11.3 Å². The standard InChI is InChI=1S/C15H24N2S/c1-12(10-14-4-2-3-7-16-14)17-8-5-15-13(11-17)6-9-18-15/h6,9,12,14,16H,2-5,7-8,10-11H2,1H3. The molecule has 2 atom stereocenters. The quantitative estimate of drug-likeness (QED) is 0.903. The highest BCUT2D eigenvalue weighted by Gasteiger charge is 2.24. The summed E-state index contributed by atoms with van der Waals surface area (Å²) in [6, 6.07) is 3.80. The molecular weight excluding hydrogens is 240 g/mol. The lowest BCUT2D eigenvalue weighted by atomic mass is 9.97. The van der Waals surface area contributed by atoms with Crippen molar-refractivity contribution in [2.45, 2.75) is 57.7 Å². The van der Waals surface area contributed by atoms with Gasteiger partial charge in [-0.1, -0.05) is 6.42 Å². The van der Waals surface area contributed by atoms with E-state index in [-0.39, 0.29) is 0 Å². The molecule has 100 valence electrons. The van der Waals surface area contributed by atoms with Gasteiger partial charge < -0.3 is 5.32 Å². The van der Waals surface area contributed by atoms with Gasteiger partial charge in [0.25, 0.3) is 0 Å². The topological polar surface area (TPSA) is 15.3 Å². The summed E-state index contributed by atoms with van der Waals surface area (Å²) >= 11 is 1.94. The Morgan fingerprint density at radius 1 is 1.50 bits per heavy atom. The van der Waals surface area contributed by atoms with Crippen LogP contribution in [0.15, 0.2) is 11.4 Å². The Bertz CT molecular complexity index is 382. The number of rotatable bonds is 3. The molecule has 0 radical (unpaired) electrons. The maximum absolute atomic E-state index is 3.68. The van der Waals surface area contributed by atoms with Crippen LogP contribution in [0.4, 0.5) is 0 Å². The first kappa shape index (κ1) is 12.6. The molecule has 3 rings (SSSR count). The number of hydrogen-bond acceptors (Lipinski definition) is 3. The maximum Gasteiger partial charge on any atom is 0.0247 e. The van der Waals surface area contributed by atoms with Crippen molar-refractivity contribution in [3.63, 3.8) is 0 Å². The molecule has 0 amide bonds. The molecule has 1 fully saturated rings. The van der Waals surface area contributed by atoms with E-state index >= 15 is 0 Å². The number of nitrogens with zero attached hydrogens (tertiary/aromatic N) is 1. The minimum atomic E-state index is 0.716. The molecule has 3 heterocycles. The van der Waals surface area contributed by atoms with Crippen molar-refractivity contribution in [3.8, 4) is 0 Å². The Balaban J connectivity index is 1.55. The van der Waals surface area contributed by atoms with Gasteiger partial charge in [0, 0.05) is 30.1 Å². The van der Waals surface area contributed by atoms with E-state index in [4.69, 9.17) is 0 Å². The average Bonchev–Trinajstić information content (AvgIpc) is 2.87. The highest BCUT2D eigenvalue weighted by atomic mass is 32.1. The second-order valence-corrected chi connectivity index (χ2v) is 6.82. The first-order valence-electron chi connectivity index (χ1n) is 7.35. The summed E-state index contributed by atoms with van der Waals surface area (Å²) in [6.07, 6.45) is 6.74. The van der Waals surface area contributed by atoms with Crippen LogP contribution in [0.3, 0.4) is 0 Å². The number of thiophene rings is 1. The summed E-state index contributed by atoms with van der Waals surface area (Å²) in [5.74, 6) is 0. The molecule has 1 saturated heterocycles. The van der Waals surface area contributed by atoms with Gasteiger partial charge in [-0.2, -0.15) is 0 Å². The van der Waals surface area contributed by atoms with Crippen LogP contribution in [-0.2, 0) is 13.0 Å². The molecule has 1 N–H and O–H groups in total. The van der Waals surface area contributed by atoms with Gasteiger partial charge in [-0.25, -0.2) is 0 Å². The summed E-state index contributed by atoms with van der Waals surface area (Å²) in [7, 11) is 0. The van der Waals surface area contributed by atoms with Crippen LogP contribution in [0.1, 0.15) is 43.0 Å². The number of hydrogen-bond donors (Lipinski definition) is 1. The number of fused-ring (bicyclic) bond motifs is 1. The largest absolute Gasteiger partial charge is 0.314 e. The molecule has 0 saturated carbocycles. The van der Waals surface area contributed by atoms with E-state index in [9.17, 15) is 0 Å². The fourth-order valence-corrected chi connectivity index (χ4v) is 4.22. The molecule has 2 aliphatic rings. The molecular formula is C15H24N2S. The van der Waals surface area contributed by atoms with Gasteiger partial charge in [-0.15, -0.1) is 11.3 Å². The predicted molar refractivity (Wildman–Crippen MR) is 78.2 cm³/mol. The molecule has 0 aromatic carbocycles. The van der Waals surface area contributed by atoms with Gasteiger partial charge in [0.1, 0.15) is 0 Å². The molecule has 0 aliphatic carbocycles. The Kier molecular flexibility index (Phi) is 4.02. The normalized spacial score (nSPS) is 26.8. The zero-order chi connectivity index (χ0) is 12.4. The first-order chi connectivity index (χ1) is 8.83. The molecule has 18 heavy (non-hydrogen) atoms. The number of piperidine rings is 1. The highest BCUT2D eigenvalue weighted by molar-refractivity contribution is 7.10. The minimum Gasteiger partial charge on any atom is -0.314 e. The molecule has 2 nitrogen and oxygen atoms in total. The van der Waals surface area contributed by atoms with Crippen LogP contribution in [0.5, 0.6) is 0 Å². The summed E-state index contributed by atoms with van der Waals surface area (Å²) in [6.45, 7) is 6.06. The summed E-state index contributed by atoms with van der Waals surface area (Å²) in [4.78, 5) is 4.29. The second-order valence-electron chi connectivity index (χ2n) is 5.82. The Hall–Kier alpha value is -0.380. The van der Waals surface area contributed by atoms with Crippen molar-refractivity contribution < 1.29 is 0 Å². The van der Waals surface area contributed by atoms with Gasteiger partial charge in [0.05, 0.1) is 0 Å². The molecule has 0 spiro atoms. The van der Waals surface area contributed by atoms with Crippen LogP contribution in [-0.4, -0.2) is 30.1 Å². The third kappa shape index (κ3) is 2.79. The van der Waals surface area contributed by atoms with Crippen LogP contribution < -0.4 is 5.32 Å². The van der Waals surface area contributed by atoms with E-state index in [0.29, 0.717) is 6.04 Å². The van der Waals surface area contributed by atoms with Crippen molar-refractivity contribution in [2.24, 2.45) is 0 Å². The zero-order valence-corrected chi connectivity index (χ0v) is 12.1. The van der Waals surface area contributed by atoms with Gasteiger partial charge >= 0.3 is 0 Å². The van der Waals surface area contributed by atoms with Crippen molar-refractivity contribution in [1.82, 2.24) is 10.2 Å². The Morgan fingerprint density at radius 2 is 2.44 bits per heavy atom. The average molecular weight is 264 g/mol. The fourth-order valence-electron chi connectivity index (χ4n) is 3.33. The molecule has 1 aromatic heterocycles. The lowest BCUT2D eigenvalue weighted by Crippen LogP contribution is -2.43. The van der Waals surface area contributed by atoms with Crippen molar-refractivity contribution in [1.29, 1.82) is 0 Å². The van der Waals surface area contributed by atoms with Gasteiger partial charge in [-0.05, 0) is 56.2 Å². The highest BCUT2D eigenvalue weighted by Crippen LogP contribution is 2.26. The lowest BCUT2D eigenvalue weighted by molar-refractivity contribution is 0.165. The van der Waals surface area contributed by atoms with Gasteiger partial charge in [0.15, 0.2) is 0 Å². The van der Waals surface area contributed by atoms with Gasteiger partial charge in [0.2, 0.25) is 0 Å². The summed E-state index contributed by atoms with van der Waals surface area (Å²) in [5, 5.41) is 5.93. The van der Waals surface area contributed by atoms with Crippen molar-refractivity contribution in [3.05, 3.63) is 21.9 Å². The van der Waals surface area contributed by atoms with Crippen LogP contribution in [0, 0.1) is 0 Å². The van der Waals surface area contributed by atoms with Crippen LogP contribution in [0.25, 0.3) is 0 Å². The Morgan fingerprint density at radius 3 is 3.28 bits per heavy atom. The van der Waals surface area contributed by atoms with E-state index < -0.39 is 0 Å². The van der Waals surface area contributed by atoms with Crippen LogP contribution in [0.2, 0.25) is 0 Å². The van der Waals surface area contributed by atoms with E-state index in [1.54, 1.807) is 10.4 Å². The minimum absolute atomic E-state index is 0.716. The predicted octanol–water partition coefficient (Wildman–Crippen LogP) is 3.03. The maximum atomic E-state index is 3.68. The molecule has 3 heteroatoms. The van der Waals surface area contributed by atoms with Crippen molar-refractivity contribution in [2.75, 3.05) is 13.1 Å². The van der Waals surface area contributed by atoms with Crippen molar-refractivity contribution >= 4 is 11.3 Å². The molecule has 2 unspecified atom stereocenters. The van der Waals surface area contributed by atoms with E-state index in [1.165, 1.54) is 51.7 Å². The van der Waals surface area contributed by atoms with Crippen LogP contribution >= 0.6 is 11.3 Å². The molecule has 0 bridgehead atoms. The summed E-state index contributed by atoms with van der Waals surface area (Å²) in [5.41, 5.74) is 1.58. The van der Waals surface area contributed by atoms with E-state index in [2.05, 4.69) is 28.6 Å². The zero-order valence-electron chi connectivity index (χ0n) is 11.3. The smallest absolute Gasteiger partial charge is 0.0247 e. The lowest BCUT2D eigenvalue weighted by Gasteiger charge is -2.35. The summed E-state index contributed by atoms with van der Waals surface area (Å²) < 4.78 is 0. The second kappa shape index (κ2) is 5.72. The Labute approximate surface area is 114 Å².